The van der Waals surface area contributed by atoms with Crippen molar-refractivity contribution in [2.24, 2.45) is 0 Å². The summed E-state index contributed by atoms with van der Waals surface area (Å²) in [4.78, 5) is 24.7. The first-order valence-electron chi connectivity index (χ1n) is 1.40. The van der Waals surface area contributed by atoms with Crippen LogP contribution in [0, 0.1) is 0 Å². The zero-order valence-corrected chi connectivity index (χ0v) is 16.4. The van der Waals surface area contributed by atoms with Gasteiger partial charge in [-0.2, -0.15) is 0 Å². The molecule has 0 heterocycles. The molecule has 0 radical (unpaired) electrons. The summed E-state index contributed by atoms with van der Waals surface area (Å²) in [6.07, 6.45) is -1.99. The minimum Gasteiger partial charge on any atom is -1.00 e. The fourth-order valence-corrected chi connectivity index (χ4v) is 0.305. The van der Waals surface area contributed by atoms with Crippen molar-refractivity contribution in [2.45, 2.75) is 0 Å². The van der Waals surface area contributed by atoms with Crippen molar-refractivity contribution in [1.29, 1.82) is 0 Å². The molecule has 56 valence electrons. The van der Waals surface area contributed by atoms with Gasteiger partial charge in [0.05, 0.1) is 0 Å². The Morgan fingerprint density at radius 1 is 1.17 bits per heavy atom. The van der Waals surface area contributed by atoms with Crippen LogP contribution in [0.5, 0.6) is 0 Å². The van der Waals surface area contributed by atoms with Gasteiger partial charge < -0.3 is 15.3 Å². The van der Waals surface area contributed by atoms with Gasteiger partial charge in [0.15, 0.2) is 0 Å². The molecule has 0 aliphatic heterocycles. The Hall–Kier alpha value is 3.42. The predicted octanol–water partition coefficient (Wildman–Crippen LogP) is -11.8. The Balaban J connectivity index is -0.00000000875. The van der Waals surface area contributed by atoms with Crippen LogP contribution in [0.3, 0.4) is 0 Å². The molecule has 0 rings (SSSR count). The van der Waals surface area contributed by atoms with Crippen LogP contribution in [0.15, 0.2) is 0 Å². The number of phosphoric acid groups is 1. The van der Waals surface area contributed by atoms with E-state index in [0.29, 0.717) is 0 Å². The van der Waals surface area contributed by atoms with E-state index in [0.717, 1.165) is 0 Å². The van der Waals surface area contributed by atoms with Gasteiger partial charge in [-0.05, 0) is 0 Å². The molecule has 0 fully saturated rings. The summed E-state index contributed by atoms with van der Waals surface area (Å²) in [6, 6.07) is 0. The van der Waals surface area contributed by atoms with E-state index in [2.05, 4.69) is 4.52 Å². The second-order valence-electron chi connectivity index (χ2n) is 0.848. The quantitative estimate of drug-likeness (QED) is 0.309. The molecule has 12 heavy (non-hydrogen) atoms. The maximum absolute atomic E-state index is 9.53. The van der Waals surface area contributed by atoms with Crippen molar-refractivity contribution in [2.75, 3.05) is 0 Å². The molecule has 0 bridgehead atoms. The molecule has 0 spiro atoms. The van der Waals surface area contributed by atoms with E-state index in [9.17, 15) is 9.36 Å². The first kappa shape index (κ1) is 29.5. The van der Waals surface area contributed by atoms with Crippen LogP contribution in [0.4, 0.5) is 4.79 Å². The number of rotatable bonds is 1. The SMILES string of the molecule is O=C(O)OP(=O)(O)O.[H-].[H-].[H-].[H-].[Na+].[Na+].[Na+].[Na+]. The Labute approximate surface area is 164 Å². The van der Waals surface area contributed by atoms with Crippen molar-refractivity contribution in [3.63, 3.8) is 0 Å². The van der Waals surface area contributed by atoms with E-state index in [1.165, 1.54) is 0 Å². The maximum atomic E-state index is 9.53. The van der Waals surface area contributed by atoms with Crippen molar-refractivity contribution in [3.8, 4) is 0 Å². The molecule has 0 aromatic rings. The molecule has 0 aromatic heterocycles. The fourth-order valence-electron chi connectivity index (χ4n) is 0.102. The molecule has 0 aliphatic carbocycles. The number of hydrogen-bond acceptors (Lipinski definition) is 3. The summed E-state index contributed by atoms with van der Waals surface area (Å²) in [7, 11) is -4.82. The van der Waals surface area contributed by atoms with E-state index >= 15 is 0 Å². The molecule has 11 heteroatoms. The van der Waals surface area contributed by atoms with Crippen LogP contribution >= 0.6 is 7.82 Å². The van der Waals surface area contributed by atoms with Gasteiger partial charge in [-0.25, -0.2) is 9.36 Å². The average molecular weight is 238 g/mol. The molecule has 0 unspecified atom stereocenters. The summed E-state index contributed by atoms with van der Waals surface area (Å²) < 4.78 is 12.6. The predicted molar refractivity (Wildman–Crippen MR) is 25.6 cm³/mol. The monoisotopic (exact) mass is 238 g/mol. The van der Waals surface area contributed by atoms with Gasteiger partial charge in [-0.1, -0.05) is 0 Å². The maximum Gasteiger partial charge on any atom is 1.00 e. The molecule has 3 N–H and O–H groups in total. The molecular formula is CH7Na4O6P. The minimum atomic E-state index is -4.82. The topological polar surface area (TPSA) is 104 Å². The van der Waals surface area contributed by atoms with Crippen LogP contribution in [0.1, 0.15) is 5.71 Å². The van der Waals surface area contributed by atoms with E-state index in [1.54, 1.807) is 0 Å². The molecule has 0 saturated heterocycles. The summed E-state index contributed by atoms with van der Waals surface area (Å²) in [6.45, 7) is 0. The standard InChI is InChI=1S/CH3O6P.4Na.4H/c2-1(3)7-8(4,5)6;;;;;;;;/h(H,2,3)(H2,4,5,6);;;;;;;;/q;4*+1;4*-1. The Kier molecular flexibility index (Phi) is 35.5. The summed E-state index contributed by atoms with van der Waals surface area (Å²) in [5.74, 6) is 0. The van der Waals surface area contributed by atoms with E-state index in [4.69, 9.17) is 14.9 Å². The number of carboxylic acid groups (broad SMARTS) is 1. The van der Waals surface area contributed by atoms with Gasteiger partial charge >= 0.3 is 132 Å². The van der Waals surface area contributed by atoms with Crippen molar-refractivity contribution < 1.29 is 153 Å². The van der Waals surface area contributed by atoms with E-state index < -0.39 is 14.0 Å². The third-order valence-corrected chi connectivity index (χ3v) is 0.591. The normalized spacial score (nSPS) is 7.17. The van der Waals surface area contributed by atoms with Gasteiger partial charge in [0.1, 0.15) is 0 Å². The zero-order chi connectivity index (χ0) is 6.78. The van der Waals surface area contributed by atoms with Crippen LogP contribution in [-0.4, -0.2) is 21.0 Å². The van der Waals surface area contributed by atoms with Gasteiger partial charge in [0, 0.05) is 0 Å². The van der Waals surface area contributed by atoms with Crippen LogP contribution in [0.2, 0.25) is 0 Å². The number of hydrogen-bond donors (Lipinski definition) is 3. The average Bonchev–Trinajstić information content (AvgIpc) is 1.21. The minimum absolute atomic E-state index is 0. The zero-order valence-electron chi connectivity index (χ0n) is 11.5. The molecule has 0 saturated carbocycles. The Morgan fingerprint density at radius 3 is 1.42 bits per heavy atom. The second kappa shape index (κ2) is 14.4. The number of carbonyl (C=O) groups is 1. The second-order valence-corrected chi connectivity index (χ2v) is 2.01. The number of phosphoric ester groups is 1. The molecule has 6 nitrogen and oxygen atoms in total. The van der Waals surface area contributed by atoms with Gasteiger partial charge in [0.25, 0.3) is 0 Å². The Bertz CT molecular complexity index is 155. The van der Waals surface area contributed by atoms with Gasteiger partial charge in [-0.3, -0.25) is 9.79 Å². The molecular weight excluding hydrogens is 231 g/mol. The van der Waals surface area contributed by atoms with E-state index in [1.807, 2.05) is 0 Å². The summed E-state index contributed by atoms with van der Waals surface area (Å²) in [5, 5.41) is 7.53. The Morgan fingerprint density at radius 2 is 1.42 bits per heavy atom. The molecule has 0 aliphatic rings. The van der Waals surface area contributed by atoms with Crippen LogP contribution < -0.4 is 118 Å². The summed E-state index contributed by atoms with van der Waals surface area (Å²) >= 11 is 0. The molecule has 0 amide bonds. The smallest absolute Gasteiger partial charge is 1.00 e. The fraction of sp³-hybridized carbons (Fsp3) is 0. The van der Waals surface area contributed by atoms with Crippen molar-refractivity contribution in [1.82, 2.24) is 0 Å². The first-order chi connectivity index (χ1) is 3.42. The van der Waals surface area contributed by atoms with Crippen molar-refractivity contribution in [3.05, 3.63) is 0 Å². The molecule has 0 atom stereocenters. The third kappa shape index (κ3) is 29.2. The van der Waals surface area contributed by atoms with Gasteiger partial charge in [-0.15, -0.1) is 0 Å². The first-order valence-corrected chi connectivity index (χ1v) is 2.93. The van der Waals surface area contributed by atoms with Crippen LogP contribution in [0.25, 0.3) is 0 Å². The van der Waals surface area contributed by atoms with Gasteiger partial charge in [0.2, 0.25) is 0 Å². The van der Waals surface area contributed by atoms with Crippen LogP contribution in [-0.2, 0) is 9.09 Å². The van der Waals surface area contributed by atoms with E-state index in [-0.39, 0.29) is 124 Å². The summed E-state index contributed by atoms with van der Waals surface area (Å²) in [5.41, 5.74) is 0. The van der Waals surface area contributed by atoms with Crippen molar-refractivity contribution >= 4 is 14.0 Å². The largest absolute Gasteiger partial charge is 1.00 e. The molecule has 0 aromatic carbocycles. The third-order valence-electron chi connectivity index (χ3n) is 0.197.